The van der Waals surface area contributed by atoms with Crippen LogP contribution in [-0.4, -0.2) is 21.9 Å². The molecule has 1 N–H and O–H groups in total. The summed E-state index contributed by atoms with van der Waals surface area (Å²) < 4.78 is 4.92. The van der Waals surface area contributed by atoms with Gasteiger partial charge in [-0.15, -0.1) is 0 Å². The third kappa shape index (κ3) is 4.44. The van der Waals surface area contributed by atoms with Crippen molar-refractivity contribution in [2.45, 2.75) is 17.9 Å². The van der Waals surface area contributed by atoms with Crippen LogP contribution in [0.25, 0.3) is 0 Å². The molecule has 0 aliphatic carbocycles. The molecule has 5 heteroatoms. The smallest absolute Gasteiger partial charge is 0.317 e. The second-order valence-electron chi connectivity index (χ2n) is 3.16. The number of carboxylic acid groups (broad SMARTS) is 1. The van der Waals surface area contributed by atoms with Crippen LogP contribution in [0.15, 0.2) is 30.3 Å². The fourth-order valence-electron chi connectivity index (χ4n) is 1.03. The monoisotopic (exact) mass is 286 g/mol. The molecule has 0 aliphatic rings. The zero-order chi connectivity index (χ0) is 12.0. The Hall–Kier alpha value is -1.36. The molecule has 0 aromatic heterocycles. The van der Waals surface area contributed by atoms with Gasteiger partial charge in [-0.3, -0.25) is 9.59 Å². The number of carboxylic acids is 1. The van der Waals surface area contributed by atoms with E-state index in [-0.39, 0.29) is 13.0 Å². The van der Waals surface area contributed by atoms with Crippen molar-refractivity contribution in [3.8, 4) is 0 Å². The van der Waals surface area contributed by atoms with Gasteiger partial charge in [0.1, 0.15) is 11.4 Å². The van der Waals surface area contributed by atoms with Crippen molar-refractivity contribution in [2.24, 2.45) is 0 Å². The summed E-state index contributed by atoms with van der Waals surface area (Å²) in [6, 6.07) is 9.21. The number of carbonyl (C=O) groups is 2. The van der Waals surface area contributed by atoms with Gasteiger partial charge in [-0.1, -0.05) is 46.3 Å². The van der Waals surface area contributed by atoms with Gasteiger partial charge in [-0.05, 0) is 5.56 Å². The summed E-state index contributed by atoms with van der Waals surface area (Å²) >= 11 is 2.87. The van der Waals surface area contributed by atoms with Crippen LogP contribution in [-0.2, 0) is 20.9 Å². The molecular formula is C11H11BrO4. The second kappa shape index (κ2) is 6.27. The lowest BCUT2D eigenvalue weighted by atomic mass is 10.2. The van der Waals surface area contributed by atoms with E-state index in [2.05, 4.69) is 15.9 Å². The van der Waals surface area contributed by atoms with Crippen molar-refractivity contribution < 1.29 is 19.4 Å². The topological polar surface area (TPSA) is 63.6 Å². The molecule has 0 aliphatic heterocycles. The molecule has 0 bridgehead atoms. The van der Waals surface area contributed by atoms with E-state index < -0.39 is 16.8 Å². The Kier molecular flexibility index (Phi) is 4.98. The van der Waals surface area contributed by atoms with Crippen molar-refractivity contribution in [1.82, 2.24) is 0 Å². The first-order valence-corrected chi connectivity index (χ1v) is 5.57. The van der Waals surface area contributed by atoms with Gasteiger partial charge < -0.3 is 9.84 Å². The van der Waals surface area contributed by atoms with E-state index in [9.17, 15) is 9.59 Å². The van der Waals surface area contributed by atoms with Gasteiger partial charge in [0, 0.05) is 0 Å². The number of aliphatic carboxylic acids is 1. The molecule has 86 valence electrons. The number of benzene rings is 1. The Morgan fingerprint density at radius 2 is 1.94 bits per heavy atom. The van der Waals surface area contributed by atoms with Crippen molar-refractivity contribution in [1.29, 1.82) is 0 Å². The van der Waals surface area contributed by atoms with Gasteiger partial charge >= 0.3 is 11.9 Å². The lowest BCUT2D eigenvalue weighted by molar-refractivity contribution is -0.148. The van der Waals surface area contributed by atoms with E-state index in [0.29, 0.717) is 0 Å². The number of hydrogen-bond acceptors (Lipinski definition) is 3. The van der Waals surface area contributed by atoms with Crippen LogP contribution >= 0.6 is 15.9 Å². The average Bonchev–Trinajstić information content (AvgIpc) is 2.27. The van der Waals surface area contributed by atoms with Crippen LogP contribution in [0.4, 0.5) is 0 Å². The minimum absolute atomic E-state index is 0.166. The normalized spacial score (nSPS) is 11.8. The van der Waals surface area contributed by atoms with Crippen molar-refractivity contribution in [2.75, 3.05) is 0 Å². The van der Waals surface area contributed by atoms with E-state index in [1.807, 2.05) is 30.3 Å². The molecule has 0 amide bonds. The fraction of sp³-hybridized carbons (Fsp3) is 0.273. The molecule has 1 atom stereocenters. The Labute approximate surface area is 101 Å². The summed E-state index contributed by atoms with van der Waals surface area (Å²) in [6.07, 6.45) is -0.178. The maximum atomic E-state index is 11.2. The van der Waals surface area contributed by atoms with E-state index in [1.54, 1.807) is 0 Å². The SMILES string of the molecule is O=C(CC(Br)C(=O)O)OCc1ccccc1. The number of halogens is 1. The zero-order valence-corrected chi connectivity index (χ0v) is 10.0. The van der Waals surface area contributed by atoms with E-state index in [4.69, 9.17) is 9.84 Å². The lowest BCUT2D eigenvalue weighted by Gasteiger charge is -2.06. The van der Waals surface area contributed by atoms with Gasteiger partial charge in [-0.25, -0.2) is 0 Å². The number of carbonyl (C=O) groups excluding carboxylic acids is 1. The molecule has 0 spiro atoms. The minimum atomic E-state index is -1.07. The van der Waals surface area contributed by atoms with Gasteiger partial charge in [0.15, 0.2) is 0 Å². The number of rotatable bonds is 5. The lowest BCUT2D eigenvalue weighted by Crippen LogP contribution is -2.18. The molecule has 1 aromatic carbocycles. The van der Waals surface area contributed by atoms with E-state index >= 15 is 0 Å². The highest BCUT2D eigenvalue weighted by molar-refractivity contribution is 9.10. The van der Waals surface area contributed by atoms with Crippen molar-refractivity contribution >= 4 is 27.9 Å². The highest BCUT2D eigenvalue weighted by Gasteiger charge is 2.18. The third-order valence-electron chi connectivity index (χ3n) is 1.86. The number of esters is 1. The summed E-state index contributed by atoms with van der Waals surface area (Å²) in [5.41, 5.74) is 0.872. The molecule has 4 nitrogen and oxygen atoms in total. The molecule has 0 saturated heterocycles. The average molecular weight is 287 g/mol. The summed E-state index contributed by atoms with van der Waals surface area (Å²) in [7, 11) is 0. The predicted molar refractivity (Wildman–Crippen MR) is 61.2 cm³/mol. The quantitative estimate of drug-likeness (QED) is 0.664. The third-order valence-corrected chi connectivity index (χ3v) is 2.57. The van der Waals surface area contributed by atoms with Crippen molar-refractivity contribution in [3.05, 3.63) is 35.9 Å². The van der Waals surface area contributed by atoms with Crippen molar-refractivity contribution in [3.63, 3.8) is 0 Å². The van der Waals surface area contributed by atoms with Gasteiger partial charge in [0.2, 0.25) is 0 Å². The van der Waals surface area contributed by atoms with Crippen LogP contribution in [0.2, 0.25) is 0 Å². The maximum absolute atomic E-state index is 11.2. The van der Waals surface area contributed by atoms with Crippen LogP contribution in [0.5, 0.6) is 0 Å². The molecule has 0 heterocycles. The van der Waals surface area contributed by atoms with Gasteiger partial charge in [0.05, 0.1) is 6.42 Å². The number of ether oxygens (including phenoxy) is 1. The Balaban J connectivity index is 2.33. The molecule has 16 heavy (non-hydrogen) atoms. The van der Waals surface area contributed by atoms with E-state index in [1.165, 1.54) is 0 Å². The Morgan fingerprint density at radius 1 is 1.31 bits per heavy atom. The summed E-state index contributed by atoms with van der Waals surface area (Å²) in [5.74, 6) is -1.61. The maximum Gasteiger partial charge on any atom is 0.317 e. The number of alkyl halides is 1. The molecule has 0 radical (unpaired) electrons. The molecule has 1 aromatic rings. The summed E-state index contributed by atoms with van der Waals surface area (Å²) in [4.78, 5) is 20.8. The van der Waals surface area contributed by atoms with Gasteiger partial charge in [0.25, 0.3) is 0 Å². The molecule has 1 rings (SSSR count). The van der Waals surface area contributed by atoms with Crippen LogP contribution in [0.1, 0.15) is 12.0 Å². The second-order valence-corrected chi connectivity index (χ2v) is 4.26. The highest BCUT2D eigenvalue weighted by Crippen LogP contribution is 2.08. The molecule has 0 saturated carbocycles. The molecule has 1 unspecified atom stereocenters. The summed E-state index contributed by atoms with van der Waals surface area (Å²) in [5, 5.41) is 8.56. The predicted octanol–water partition coefficient (Wildman–Crippen LogP) is 1.97. The zero-order valence-electron chi connectivity index (χ0n) is 8.43. The minimum Gasteiger partial charge on any atom is -0.480 e. The first kappa shape index (κ1) is 12.7. The summed E-state index contributed by atoms with van der Waals surface area (Å²) in [6.45, 7) is 0.166. The Bertz CT molecular complexity index is 364. The van der Waals surface area contributed by atoms with E-state index in [0.717, 1.165) is 5.56 Å². The molecular weight excluding hydrogens is 276 g/mol. The Morgan fingerprint density at radius 3 is 2.50 bits per heavy atom. The first-order valence-electron chi connectivity index (χ1n) is 4.66. The number of hydrogen-bond donors (Lipinski definition) is 1. The molecule has 0 fully saturated rings. The van der Waals surface area contributed by atoms with Gasteiger partial charge in [-0.2, -0.15) is 0 Å². The van der Waals surface area contributed by atoms with Crippen LogP contribution < -0.4 is 0 Å². The fourth-order valence-corrected chi connectivity index (χ4v) is 1.29. The van der Waals surface area contributed by atoms with Crippen LogP contribution in [0, 0.1) is 0 Å². The largest absolute Gasteiger partial charge is 0.480 e. The van der Waals surface area contributed by atoms with Crippen LogP contribution in [0.3, 0.4) is 0 Å². The standard InChI is InChI=1S/C11H11BrO4/c12-9(11(14)15)6-10(13)16-7-8-4-2-1-3-5-8/h1-5,9H,6-7H2,(H,14,15). The highest BCUT2D eigenvalue weighted by atomic mass is 79.9. The first-order chi connectivity index (χ1) is 7.59.